The Morgan fingerprint density at radius 3 is 2.69 bits per heavy atom. The third-order valence-electron chi connectivity index (χ3n) is 1.73. The van der Waals surface area contributed by atoms with Crippen molar-refractivity contribution in [2.75, 3.05) is 5.73 Å². The SMILES string of the molecule is Nc1cc(Br)c2ncc(Br)cc2c1. The maximum Gasteiger partial charge on any atom is 0.0846 e. The van der Waals surface area contributed by atoms with Gasteiger partial charge in [0.1, 0.15) is 0 Å². The molecule has 0 atom stereocenters. The standard InChI is InChI=1S/C9H6Br2N2/c10-6-1-5-2-7(12)3-8(11)9(5)13-4-6/h1-4H,12H2. The zero-order chi connectivity index (χ0) is 9.42. The first-order valence-electron chi connectivity index (χ1n) is 3.67. The summed E-state index contributed by atoms with van der Waals surface area (Å²) in [6.07, 6.45) is 1.77. The quantitative estimate of drug-likeness (QED) is 0.758. The van der Waals surface area contributed by atoms with E-state index in [-0.39, 0.29) is 0 Å². The molecular weight excluding hydrogens is 296 g/mol. The molecule has 1 aromatic carbocycles. The first-order valence-corrected chi connectivity index (χ1v) is 5.26. The van der Waals surface area contributed by atoms with Gasteiger partial charge in [0.25, 0.3) is 0 Å². The number of rotatable bonds is 0. The maximum absolute atomic E-state index is 5.70. The lowest BCUT2D eigenvalue weighted by molar-refractivity contribution is 1.38. The Balaban J connectivity index is 2.86. The Labute approximate surface area is 92.4 Å². The van der Waals surface area contributed by atoms with Crippen molar-refractivity contribution in [3.05, 3.63) is 33.3 Å². The van der Waals surface area contributed by atoms with Gasteiger partial charge < -0.3 is 5.73 Å². The van der Waals surface area contributed by atoms with Crippen LogP contribution in [0.15, 0.2) is 33.3 Å². The van der Waals surface area contributed by atoms with Crippen molar-refractivity contribution in [3.63, 3.8) is 0 Å². The van der Waals surface area contributed by atoms with Gasteiger partial charge in [0.05, 0.1) is 5.52 Å². The predicted octanol–water partition coefficient (Wildman–Crippen LogP) is 3.34. The van der Waals surface area contributed by atoms with Crippen LogP contribution in [-0.4, -0.2) is 4.98 Å². The molecule has 0 aliphatic heterocycles. The molecule has 0 radical (unpaired) electrons. The Hall–Kier alpha value is -0.610. The summed E-state index contributed by atoms with van der Waals surface area (Å²) in [5.74, 6) is 0. The topological polar surface area (TPSA) is 38.9 Å². The molecule has 66 valence electrons. The Kier molecular flexibility index (Phi) is 2.26. The highest BCUT2D eigenvalue weighted by Gasteiger charge is 2.01. The number of pyridine rings is 1. The van der Waals surface area contributed by atoms with Gasteiger partial charge in [-0.1, -0.05) is 0 Å². The number of anilines is 1. The lowest BCUT2D eigenvalue weighted by atomic mass is 10.2. The van der Waals surface area contributed by atoms with Crippen molar-refractivity contribution in [3.8, 4) is 0 Å². The second-order valence-corrected chi connectivity index (χ2v) is 4.50. The third kappa shape index (κ3) is 1.69. The molecule has 2 nitrogen and oxygen atoms in total. The van der Waals surface area contributed by atoms with Crippen LogP contribution in [0, 0.1) is 0 Å². The van der Waals surface area contributed by atoms with E-state index in [1.807, 2.05) is 18.2 Å². The summed E-state index contributed by atoms with van der Waals surface area (Å²) in [5.41, 5.74) is 7.37. The van der Waals surface area contributed by atoms with Crippen LogP contribution < -0.4 is 5.73 Å². The molecule has 0 amide bonds. The number of hydrogen-bond acceptors (Lipinski definition) is 2. The number of halogens is 2. The van der Waals surface area contributed by atoms with Gasteiger partial charge in [-0.3, -0.25) is 4.98 Å². The van der Waals surface area contributed by atoms with E-state index in [2.05, 4.69) is 36.8 Å². The smallest absolute Gasteiger partial charge is 0.0846 e. The summed E-state index contributed by atoms with van der Waals surface area (Å²) in [5, 5.41) is 1.03. The number of nitrogens with two attached hydrogens (primary N) is 1. The molecule has 2 rings (SSSR count). The fraction of sp³-hybridized carbons (Fsp3) is 0. The van der Waals surface area contributed by atoms with Crippen LogP contribution in [0.2, 0.25) is 0 Å². The predicted molar refractivity (Wildman–Crippen MR) is 61.6 cm³/mol. The van der Waals surface area contributed by atoms with E-state index in [1.165, 1.54) is 0 Å². The van der Waals surface area contributed by atoms with Gasteiger partial charge in [-0.25, -0.2) is 0 Å². The van der Waals surface area contributed by atoms with Gasteiger partial charge in [0, 0.05) is 26.2 Å². The highest BCUT2D eigenvalue weighted by Crippen LogP contribution is 2.26. The van der Waals surface area contributed by atoms with Crippen LogP contribution in [0.25, 0.3) is 10.9 Å². The van der Waals surface area contributed by atoms with Crippen molar-refractivity contribution in [2.45, 2.75) is 0 Å². The monoisotopic (exact) mass is 300 g/mol. The average Bonchev–Trinajstić information content (AvgIpc) is 2.02. The van der Waals surface area contributed by atoms with Crippen LogP contribution in [0.5, 0.6) is 0 Å². The van der Waals surface area contributed by atoms with Crippen molar-refractivity contribution in [1.82, 2.24) is 4.98 Å². The molecule has 2 N–H and O–H groups in total. The summed E-state index contributed by atoms with van der Waals surface area (Å²) in [6, 6.07) is 5.74. The lowest BCUT2D eigenvalue weighted by Crippen LogP contribution is -1.87. The van der Waals surface area contributed by atoms with Crippen LogP contribution in [0.4, 0.5) is 5.69 Å². The van der Waals surface area contributed by atoms with Crippen LogP contribution in [0.1, 0.15) is 0 Å². The molecule has 0 fully saturated rings. The average molecular weight is 302 g/mol. The van der Waals surface area contributed by atoms with E-state index >= 15 is 0 Å². The van der Waals surface area contributed by atoms with Crippen molar-refractivity contribution in [2.24, 2.45) is 0 Å². The summed E-state index contributed by atoms with van der Waals surface area (Å²) < 4.78 is 1.88. The second kappa shape index (κ2) is 3.27. The number of aromatic nitrogens is 1. The minimum atomic E-state index is 0.735. The number of benzene rings is 1. The molecule has 2 aromatic rings. The Morgan fingerprint density at radius 1 is 1.15 bits per heavy atom. The summed E-state index contributed by atoms with van der Waals surface area (Å²) in [4.78, 5) is 4.27. The summed E-state index contributed by atoms with van der Waals surface area (Å²) in [7, 11) is 0. The molecule has 0 saturated heterocycles. The van der Waals surface area contributed by atoms with Gasteiger partial charge in [-0.15, -0.1) is 0 Å². The fourth-order valence-corrected chi connectivity index (χ4v) is 2.15. The maximum atomic E-state index is 5.70. The second-order valence-electron chi connectivity index (χ2n) is 2.73. The molecule has 0 spiro atoms. The highest BCUT2D eigenvalue weighted by molar-refractivity contribution is 9.11. The molecular formula is C9H6Br2N2. The van der Waals surface area contributed by atoms with E-state index in [1.54, 1.807) is 6.20 Å². The molecule has 1 heterocycles. The first kappa shape index (κ1) is 8.97. The fourth-order valence-electron chi connectivity index (χ4n) is 1.20. The van der Waals surface area contributed by atoms with E-state index in [0.29, 0.717) is 0 Å². The lowest BCUT2D eigenvalue weighted by Gasteiger charge is -2.01. The largest absolute Gasteiger partial charge is 0.399 e. The number of nitrogen functional groups attached to an aromatic ring is 1. The van der Waals surface area contributed by atoms with Crippen molar-refractivity contribution < 1.29 is 0 Å². The molecule has 0 bridgehead atoms. The normalized spacial score (nSPS) is 10.6. The minimum absolute atomic E-state index is 0.735. The molecule has 0 aliphatic carbocycles. The molecule has 0 unspecified atom stereocenters. The summed E-state index contributed by atoms with van der Waals surface area (Å²) >= 11 is 6.78. The van der Waals surface area contributed by atoms with E-state index in [4.69, 9.17) is 5.73 Å². The van der Waals surface area contributed by atoms with Crippen molar-refractivity contribution >= 4 is 48.5 Å². The summed E-state index contributed by atoms with van der Waals surface area (Å²) in [6.45, 7) is 0. The molecule has 4 heteroatoms. The van der Waals surface area contributed by atoms with E-state index in [0.717, 1.165) is 25.5 Å². The first-order chi connectivity index (χ1) is 6.16. The molecule has 13 heavy (non-hydrogen) atoms. The van der Waals surface area contributed by atoms with Crippen molar-refractivity contribution in [1.29, 1.82) is 0 Å². The molecule has 1 aromatic heterocycles. The number of hydrogen-bond donors (Lipinski definition) is 1. The van der Waals surface area contributed by atoms with E-state index < -0.39 is 0 Å². The highest BCUT2D eigenvalue weighted by atomic mass is 79.9. The zero-order valence-corrected chi connectivity index (χ0v) is 9.76. The van der Waals surface area contributed by atoms with Gasteiger partial charge in [0.15, 0.2) is 0 Å². The van der Waals surface area contributed by atoms with Crippen LogP contribution >= 0.6 is 31.9 Å². The van der Waals surface area contributed by atoms with E-state index in [9.17, 15) is 0 Å². The van der Waals surface area contributed by atoms with Gasteiger partial charge in [-0.05, 0) is 50.1 Å². The molecule has 0 aliphatic rings. The van der Waals surface area contributed by atoms with Gasteiger partial charge in [-0.2, -0.15) is 0 Å². The molecule has 0 saturated carbocycles. The Bertz CT molecular complexity index is 463. The van der Waals surface area contributed by atoms with Gasteiger partial charge in [0.2, 0.25) is 0 Å². The number of fused-ring (bicyclic) bond motifs is 1. The van der Waals surface area contributed by atoms with Crippen LogP contribution in [0.3, 0.4) is 0 Å². The third-order valence-corrected chi connectivity index (χ3v) is 2.76. The Morgan fingerprint density at radius 2 is 1.92 bits per heavy atom. The van der Waals surface area contributed by atoms with Gasteiger partial charge >= 0.3 is 0 Å². The van der Waals surface area contributed by atoms with Crippen LogP contribution in [-0.2, 0) is 0 Å². The zero-order valence-electron chi connectivity index (χ0n) is 6.59. The number of nitrogens with zero attached hydrogens (tertiary/aromatic N) is 1. The minimum Gasteiger partial charge on any atom is -0.399 e.